The van der Waals surface area contributed by atoms with Crippen LogP contribution in [0.3, 0.4) is 0 Å². The predicted octanol–water partition coefficient (Wildman–Crippen LogP) is 2.89. The maximum absolute atomic E-state index is 12.7. The van der Waals surface area contributed by atoms with Crippen LogP contribution in [0.2, 0.25) is 0 Å². The lowest BCUT2D eigenvalue weighted by atomic mass is 10.1. The molecular weight excluding hydrogens is 364 g/mol. The van der Waals surface area contributed by atoms with Gasteiger partial charge in [-0.3, -0.25) is 0 Å². The molecular formula is C19H22N4O3S. The molecule has 2 aromatic carbocycles. The van der Waals surface area contributed by atoms with Crippen LogP contribution in [0.25, 0.3) is 22.8 Å². The van der Waals surface area contributed by atoms with Crippen molar-refractivity contribution < 1.29 is 12.9 Å². The van der Waals surface area contributed by atoms with Gasteiger partial charge in [0.25, 0.3) is 5.89 Å². The summed E-state index contributed by atoms with van der Waals surface area (Å²) in [5.74, 6) is 0.693. The highest BCUT2D eigenvalue weighted by Gasteiger charge is 2.24. The molecule has 0 atom stereocenters. The van der Waals surface area contributed by atoms with Crippen LogP contribution in [0.4, 0.5) is 0 Å². The van der Waals surface area contributed by atoms with Crippen molar-refractivity contribution >= 4 is 10.0 Å². The summed E-state index contributed by atoms with van der Waals surface area (Å²) in [5, 5.41) is 4.00. The number of sulfonamides is 1. The number of benzene rings is 2. The van der Waals surface area contributed by atoms with Crippen LogP contribution in [0.15, 0.2) is 57.9 Å². The zero-order valence-corrected chi connectivity index (χ0v) is 16.3. The average Bonchev–Trinajstić information content (AvgIpc) is 3.17. The molecule has 0 spiro atoms. The van der Waals surface area contributed by atoms with Gasteiger partial charge >= 0.3 is 0 Å². The molecule has 0 fully saturated rings. The van der Waals surface area contributed by atoms with Gasteiger partial charge in [-0.1, -0.05) is 35.5 Å². The minimum absolute atomic E-state index is 0.148. The lowest BCUT2D eigenvalue weighted by Crippen LogP contribution is -2.33. The van der Waals surface area contributed by atoms with Crippen molar-refractivity contribution in [1.82, 2.24) is 14.4 Å². The Morgan fingerprint density at radius 2 is 1.81 bits per heavy atom. The smallest absolute Gasteiger partial charge is 0.258 e. The summed E-state index contributed by atoms with van der Waals surface area (Å²) in [4.78, 5) is 4.58. The Hall–Kier alpha value is -2.55. The van der Waals surface area contributed by atoms with Gasteiger partial charge in [0.05, 0.1) is 4.90 Å². The Kier molecular flexibility index (Phi) is 5.41. The molecule has 3 aromatic rings. The lowest BCUT2D eigenvalue weighted by molar-refractivity contribution is 0.410. The van der Waals surface area contributed by atoms with Gasteiger partial charge in [0.1, 0.15) is 0 Å². The molecule has 0 aliphatic carbocycles. The van der Waals surface area contributed by atoms with Crippen LogP contribution in [0.5, 0.6) is 0 Å². The van der Waals surface area contributed by atoms with E-state index < -0.39 is 10.0 Å². The van der Waals surface area contributed by atoms with Crippen LogP contribution in [-0.2, 0) is 16.6 Å². The Bertz CT molecular complexity index is 1030. The summed E-state index contributed by atoms with van der Waals surface area (Å²) >= 11 is 0. The van der Waals surface area contributed by atoms with E-state index in [4.69, 9.17) is 10.3 Å². The fraction of sp³-hybridized carbons (Fsp3) is 0.263. The minimum Gasteiger partial charge on any atom is -0.334 e. The Labute approximate surface area is 158 Å². The molecule has 0 saturated carbocycles. The molecule has 27 heavy (non-hydrogen) atoms. The molecule has 0 bridgehead atoms. The monoisotopic (exact) mass is 386 g/mol. The van der Waals surface area contributed by atoms with Gasteiger partial charge in [-0.25, -0.2) is 8.42 Å². The molecule has 0 aliphatic rings. The van der Waals surface area contributed by atoms with E-state index >= 15 is 0 Å². The van der Waals surface area contributed by atoms with Crippen LogP contribution in [-0.4, -0.2) is 36.0 Å². The van der Waals surface area contributed by atoms with Gasteiger partial charge in [-0.2, -0.15) is 9.29 Å². The van der Waals surface area contributed by atoms with Crippen LogP contribution < -0.4 is 5.73 Å². The van der Waals surface area contributed by atoms with Crippen molar-refractivity contribution in [3.8, 4) is 22.8 Å². The molecule has 7 nitrogen and oxygen atoms in total. The van der Waals surface area contributed by atoms with Crippen molar-refractivity contribution in [2.45, 2.75) is 31.3 Å². The predicted molar refractivity (Wildman–Crippen MR) is 103 cm³/mol. The van der Waals surface area contributed by atoms with Gasteiger partial charge in [-0.15, -0.1) is 0 Å². The Morgan fingerprint density at radius 1 is 1.11 bits per heavy atom. The molecule has 1 aromatic heterocycles. The second-order valence-corrected chi connectivity index (χ2v) is 8.46. The first-order chi connectivity index (χ1) is 12.8. The van der Waals surface area contributed by atoms with E-state index in [9.17, 15) is 8.42 Å². The Balaban J connectivity index is 1.93. The second-order valence-electron chi connectivity index (χ2n) is 6.47. The summed E-state index contributed by atoms with van der Waals surface area (Å²) in [7, 11) is -2.03. The first kappa shape index (κ1) is 19.2. The third-order valence-corrected chi connectivity index (χ3v) is 6.39. The molecule has 0 aliphatic heterocycles. The standard InChI is InChI=1S/C19H22N4O3S/c1-13(2)23(3)27(24,25)17-6-4-5-16(11-17)19-21-18(22-26-19)15-9-7-14(12-20)8-10-15/h4-11,13H,12,20H2,1-3H3. The SMILES string of the molecule is CC(C)N(C)S(=O)(=O)c1cccc(-c2nc(-c3ccc(CN)cc3)no2)c1. The highest BCUT2D eigenvalue weighted by Crippen LogP contribution is 2.26. The molecule has 0 unspecified atom stereocenters. The molecule has 142 valence electrons. The first-order valence-corrected chi connectivity index (χ1v) is 9.98. The normalized spacial score (nSPS) is 12.1. The fourth-order valence-electron chi connectivity index (χ4n) is 2.48. The first-order valence-electron chi connectivity index (χ1n) is 8.54. The number of nitrogens with two attached hydrogens (primary N) is 1. The lowest BCUT2D eigenvalue weighted by Gasteiger charge is -2.21. The molecule has 0 saturated heterocycles. The molecule has 3 rings (SSSR count). The zero-order chi connectivity index (χ0) is 19.6. The summed E-state index contributed by atoms with van der Waals surface area (Å²) in [6.07, 6.45) is 0. The molecule has 8 heteroatoms. The highest BCUT2D eigenvalue weighted by molar-refractivity contribution is 7.89. The number of hydrogen-bond acceptors (Lipinski definition) is 6. The van der Waals surface area contributed by atoms with Crippen molar-refractivity contribution in [3.05, 3.63) is 54.1 Å². The van der Waals surface area contributed by atoms with Gasteiger partial charge in [0.15, 0.2) is 0 Å². The van der Waals surface area contributed by atoms with Gasteiger partial charge < -0.3 is 10.3 Å². The largest absolute Gasteiger partial charge is 0.334 e. The number of aromatic nitrogens is 2. The average molecular weight is 386 g/mol. The van der Waals surface area contributed by atoms with Gasteiger partial charge in [0.2, 0.25) is 15.8 Å². The molecule has 2 N–H and O–H groups in total. The van der Waals surface area contributed by atoms with Gasteiger partial charge in [-0.05, 0) is 37.6 Å². The van der Waals surface area contributed by atoms with E-state index in [0.717, 1.165) is 11.1 Å². The van der Waals surface area contributed by atoms with Crippen molar-refractivity contribution in [3.63, 3.8) is 0 Å². The van der Waals surface area contributed by atoms with Crippen LogP contribution in [0.1, 0.15) is 19.4 Å². The third-order valence-electron chi connectivity index (χ3n) is 4.36. The molecule has 0 amide bonds. The van der Waals surface area contributed by atoms with Gasteiger partial charge in [0, 0.05) is 30.8 Å². The topological polar surface area (TPSA) is 102 Å². The van der Waals surface area contributed by atoms with E-state index in [1.165, 1.54) is 4.31 Å². The second kappa shape index (κ2) is 7.59. The van der Waals surface area contributed by atoms with Crippen LogP contribution >= 0.6 is 0 Å². The number of nitrogens with zero attached hydrogens (tertiary/aromatic N) is 3. The van der Waals surface area contributed by atoms with E-state index in [1.54, 1.807) is 31.3 Å². The summed E-state index contributed by atoms with van der Waals surface area (Å²) in [6, 6.07) is 13.9. The maximum atomic E-state index is 12.7. The third kappa shape index (κ3) is 3.92. The van der Waals surface area contributed by atoms with E-state index in [0.29, 0.717) is 17.9 Å². The summed E-state index contributed by atoms with van der Waals surface area (Å²) < 4.78 is 32.1. The Morgan fingerprint density at radius 3 is 2.44 bits per heavy atom. The van der Waals surface area contributed by atoms with E-state index in [1.807, 2.05) is 38.1 Å². The summed E-state index contributed by atoms with van der Waals surface area (Å²) in [5.41, 5.74) is 7.96. The highest BCUT2D eigenvalue weighted by atomic mass is 32.2. The zero-order valence-electron chi connectivity index (χ0n) is 15.5. The molecule has 0 radical (unpaired) electrons. The van der Waals surface area contributed by atoms with E-state index in [2.05, 4.69) is 10.1 Å². The van der Waals surface area contributed by atoms with Crippen molar-refractivity contribution in [2.24, 2.45) is 5.73 Å². The van der Waals surface area contributed by atoms with E-state index in [-0.39, 0.29) is 16.8 Å². The number of rotatable bonds is 6. The maximum Gasteiger partial charge on any atom is 0.258 e. The van der Waals surface area contributed by atoms with Crippen molar-refractivity contribution in [2.75, 3.05) is 7.05 Å². The minimum atomic E-state index is -3.59. The number of hydrogen-bond donors (Lipinski definition) is 1. The van der Waals surface area contributed by atoms with Crippen LogP contribution in [0, 0.1) is 0 Å². The molecule has 1 heterocycles. The summed E-state index contributed by atoms with van der Waals surface area (Å²) in [6.45, 7) is 4.10. The fourth-order valence-corrected chi connectivity index (χ4v) is 3.90. The quantitative estimate of drug-likeness (QED) is 0.699. The van der Waals surface area contributed by atoms with Crippen molar-refractivity contribution in [1.29, 1.82) is 0 Å².